The van der Waals surface area contributed by atoms with E-state index < -0.39 is 16.7 Å². The van der Waals surface area contributed by atoms with Gasteiger partial charge in [-0.25, -0.2) is 8.42 Å². The van der Waals surface area contributed by atoms with Crippen molar-refractivity contribution in [3.63, 3.8) is 0 Å². The molecule has 0 aliphatic carbocycles. The third-order valence-electron chi connectivity index (χ3n) is 2.59. The quantitative estimate of drug-likeness (QED) is 0.794. The zero-order valence-corrected chi connectivity index (χ0v) is 10.6. The van der Waals surface area contributed by atoms with Gasteiger partial charge in [-0.3, -0.25) is 4.39 Å². The molecule has 2 rings (SSSR count). The maximum atomic E-state index is 12.2. The molecule has 1 aromatic carbocycles. The number of hydrogen-bond donors (Lipinski definition) is 0. The number of alkyl halides is 1. The van der Waals surface area contributed by atoms with E-state index in [0.717, 1.165) is 3.82 Å². The van der Waals surface area contributed by atoms with Gasteiger partial charge in [-0.05, 0) is 30.3 Å². The predicted octanol–water partition coefficient (Wildman–Crippen LogP) is 1.97. The molecular weight excluding hydrogens is 267 g/mol. The van der Waals surface area contributed by atoms with Crippen molar-refractivity contribution in [3.8, 4) is 0 Å². The Bertz CT molecular complexity index is 509. The van der Waals surface area contributed by atoms with Crippen LogP contribution < -0.4 is 4.90 Å². The number of para-hydroxylation sites is 1. The van der Waals surface area contributed by atoms with Crippen LogP contribution in [0.3, 0.4) is 0 Å². The van der Waals surface area contributed by atoms with Gasteiger partial charge in [0.25, 0.3) is 10.0 Å². The molecule has 0 saturated heterocycles. The molecular formula is C10H12ClFN2O2S. The highest BCUT2D eigenvalue weighted by Crippen LogP contribution is 2.33. The van der Waals surface area contributed by atoms with Crippen LogP contribution in [0.25, 0.3) is 0 Å². The molecule has 94 valence electrons. The van der Waals surface area contributed by atoms with Crippen LogP contribution >= 0.6 is 11.8 Å². The summed E-state index contributed by atoms with van der Waals surface area (Å²) in [7, 11) is -3.62. The summed E-state index contributed by atoms with van der Waals surface area (Å²) in [6.07, 6.45) is 0.346. The summed E-state index contributed by atoms with van der Waals surface area (Å²) in [6, 6.07) is 6.59. The lowest BCUT2D eigenvalue weighted by Gasteiger charge is -2.34. The molecule has 1 aliphatic heterocycles. The van der Waals surface area contributed by atoms with E-state index >= 15 is 0 Å². The molecule has 0 fully saturated rings. The Morgan fingerprint density at radius 1 is 1.35 bits per heavy atom. The Labute approximate surface area is 105 Å². The largest absolute Gasteiger partial charge is 0.355 e. The number of nitrogens with zero attached hydrogens (tertiary/aromatic N) is 2. The Morgan fingerprint density at radius 2 is 2.06 bits per heavy atom. The minimum atomic E-state index is -3.62. The normalized spacial score (nSPS) is 19.1. The van der Waals surface area contributed by atoms with Gasteiger partial charge in [-0.1, -0.05) is 16.0 Å². The van der Waals surface area contributed by atoms with Crippen molar-refractivity contribution < 1.29 is 12.8 Å². The van der Waals surface area contributed by atoms with Gasteiger partial charge in [0.15, 0.2) is 0 Å². The van der Waals surface area contributed by atoms with Gasteiger partial charge in [-0.15, -0.1) is 0 Å². The van der Waals surface area contributed by atoms with Crippen LogP contribution in [0.5, 0.6) is 0 Å². The van der Waals surface area contributed by atoms with Crippen LogP contribution in [0, 0.1) is 0 Å². The van der Waals surface area contributed by atoms with Crippen molar-refractivity contribution in [2.75, 3.05) is 24.8 Å². The molecule has 0 N–H and O–H groups in total. The Morgan fingerprint density at radius 3 is 2.76 bits per heavy atom. The monoisotopic (exact) mass is 278 g/mol. The summed E-state index contributed by atoms with van der Waals surface area (Å²) in [5.74, 6) is 0. The van der Waals surface area contributed by atoms with Gasteiger partial charge in [0, 0.05) is 6.54 Å². The molecule has 0 unspecified atom stereocenters. The summed E-state index contributed by atoms with van der Waals surface area (Å²) in [4.78, 5) is 1.92. The SMILES string of the molecule is O=S1(=O)c2ccccc2N(CCCF)CN1Cl. The zero-order valence-electron chi connectivity index (χ0n) is 9.01. The Kier molecular flexibility index (Phi) is 3.56. The summed E-state index contributed by atoms with van der Waals surface area (Å²) in [5.41, 5.74) is 0.581. The first kappa shape index (κ1) is 12.6. The van der Waals surface area contributed by atoms with E-state index in [1.165, 1.54) is 6.07 Å². The van der Waals surface area contributed by atoms with E-state index in [4.69, 9.17) is 11.8 Å². The van der Waals surface area contributed by atoms with E-state index in [2.05, 4.69) is 0 Å². The minimum Gasteiger partial charge on any atom is -0.355 e. The molecule has 0 radical (unpaired) electrons. The van der Waals surface area contributed by atoms with Crippen molar-refractivity contribution in [1.29, 1.82) is 0 Å². The van der Waals surface area contributed by atoms with Crippen LogP contribution in [-0.2, 0) is 10.0 Å². The molecule has 1 aromatic rings. The molecule has 0 atom stereocenters. The van der Waals surface area contributed by atoms with Crippen molar-refractivity contribution in [1.82, 2.24) is 3.82 Å². The molecule has 1 heterocycles. The van der Waals surface area contributed by atoms with Crippen molar-refractivity contribution >= 4 is 27.5 Å². The third-order valence-corrected chi connectivity index (χ3v) is 4.78. The first-order valence-electron chi connectivity index (χ1n) is 5.16. The number of benzene rings is 1. The van der Waals surface area contributed by atoms with Gasteiger partial charge >= 0.3 is 0 Å². The average molecular weight is 279 g/mol. The van der Waals surface area contributed by atoms with Gasteiger partial charge in [0.2, 0.25) is 0 Å². The standard InChI is InChI=1S/C10H12ClFN2O2S/c11-14-8-13(7-3-6-12)9-4-1-2-5-10(9)17(14,15)16/h1-2,4-5H,3,6-8H2. The number of sulfonamides is 1. The van der Waals surface area contributed by atoms with E-state index in [1.807, 2.05) is 0 Å². The fraction of sp³-hybridized carbons (Fsp3) is 0.400. The van der Waals surface area contributed by atoms with Crippen LogP contribution in [0.15, 0.2) is 29.2 Å². The molecule has 0 bridgehead atoms. The van der Waals surface area contributed by atoms with E-state index in [0.29, 0.717) is 18.7 Å². The number of rotatable bonds is 3. The molecule has 0 amide bonds. The number of hydrogen-bond acceptors (Lipinski definition) is 3. The second-order valence-corrected chi connectivity index (χ2v) is 6.15. The molecule has 0 aromatic heterocycles. The third kappa shape index (κ3) is 2.25. The van der Waals surface area contributed by atoms with E-state index in [1.54, 1.807) is 23.1 Å². The Balaban J connectivity index is 2.42. The molecule has 0 spiro atoms. The highest BCUT2D eigenvalue weighted by molar-refractivity contribution is 7.90. The number of halogens is 2. The van der Waals surface area contributed by atoms with Crippen molar-refractivity contribution in [3.05, 3.63) is 24.3 Å². The number of fused-ring (bicyclic) bond motifs is 1. The lowest BCUT2D eigenvalue weighted by molar-refractivity contribution is 0.458. The average Bonchev–Trinajstić information content (AvgIpc) is 2.33. The predicted molar refractivity (Wildman–Crippen MR) is 64.1 cm³/mol. The molecule has 1 aliphatic rings. The first-order valence-corrected chi connectivity index (χ1v) is 6.93. The summed E-state index contributed by atoms with van der Waals surface area (Å²) < 4.78 is 36.8. The molecule has 4 nitrogen and oxygen atoms in total. The van der Waals surface area contributed by atoms with E-state index in [-0.39, 0.29) is 11.6 Å². The van der Waals surface area contributed by atoms with Crippen molar-refractivity contribution in [2.24, 2.45) is 0 Å². The zero-order chi connectivity index (χ0) is 12.5. The van der Waals surface area contributed by atoms with Crippen LogP contribution in [0.2, 0.25) is 0 Å². The second kappa shape index (κ2) is 4.80. The topological polar surface area (TPSA) is 40.6 Å². The first-order chi connectivity index (χ1) is 8.07. The summed E-state index contributed by atoms with van der Waals surface area (Å²) in [6.45, 7) is 0.0425. The summed E-state index contributed by atoms with van der Waals surface area (Å²) in [5, 5.41) is 0. The lowest BCUT2D eigenvalue weighted by atomic mass is 10.3. The maximum absolute atomic E-state index is 12.2. The molecule has 7 heteroatoms. The highest BCUT2D eigenvalue weighted by Gasteiger charge is 2.33. The van der Waals surface area contributed by atoms with Gasteiger partial charge in [-0.2, -0.15) is 0 Å². The maximum Gasteiger partial charge on any atom is 0.260 e. The van der Waals surface area contributed by atoms with Gasteiger partial charge in [0.1, 0.15) is 11.6 Å². The second-order valence-electron chi connectivity index (χ2n) is 3.71. The molecule has 17 heavy (non-hydrogen) atoms. The fourth-order valence-corrected chi connectivity index (χ4v) is 3.34. The van der Waals surface area contributed by atoms with Gasteiger partial charge in [0.05, 0.1) is 12.4 Å². The Hall–Kier alpha value is -0.850. The summed E-state index contributed by atoms with van der Waals surface area (Å²) >= 11 is 5.72. The minimum absolute atomic E-state index is 0.0426. The lowest BCUT2D eigenvalue weighted by Crippen LogP contribution is -2.42. The fourth-order valence-electron chi connectivity index (χ4n) is 1.77. The van der Waals surface area contributed by atoms with Crippen LogP contribution in [0.4, 0.5) is 10.1 Å². The number of anilines is 1. The van der Waals surface area contributed by atoms with Crippen LogP contribution in [-0.4, -0.2) is 32.1 Å². The highest BCUT2D eigenvalue weighted by atomic mass is 35.5. The van der Waals surface area contributed by atoms with Gasteiger partial charge < -0.3 is 4.90 Å². The molecule has 0 saturated carbocycles. The van der Waals surface area contributed by atoms with E-state index in [9.17, 15) is 12.8 Å². The van der Waals surface area contributed by atoms with Crippen molar-refractivity contribution in [2.45, 2.75) is 11.3 Å². The van der Waals surface area contributed by atoms with Crippen LogP contribution in [0.1, 0.15) is 6.42 Å². The smallest absolute Gasteiger partial charge is 0.260 e.